The van der Waals surface area contributed by atoms with Crippen molar-refractivity contribution >= 4 is 35.9 Å². The van der Waals surface area contributed by atoms with Gasteiger partial charge in [-0.05, 0) is 44.7 Å². The number of likely N-dealkylation sites (tertiary alicyclic amines) is 1. The normalized spacial score (nSPS) is 15.0. The predicted octanol–water partition coefficient (Wildman–Crippen LogP) is 3.31. The zero-order valence-electron chi connectivity index (χ0n) is 16.4. The van der Waals surface area contributed by atoms with Gasteiger partial charge < -0.3 is 19.7 Å². The molecular weight excluding hydrogens is 457 g/mol. The van der Waals surface area contributed by atoms with Gasteiger partial charge >= 0.3 is 5.97 Å². The number of esters is 1. The first-order valence-corrected chi connectivity index (χ1v) is 9.53. The molecule has 0 atom stereocenters. The number of carbonyl (C=O) groups excluding carboxylic acids is 1. The summed E-state index contributed by atoms with van der Waals surface area (Å²) in [4.78, 5) is 18.6. The van der Waals surface area contributed by atoms with Crippen LogP contribution in [0.1, 0.15) is 32.6 Å². The van der Waals surface area contributed by atoms with Crippen molar-refractivity contribution in [2.75, 3.05) is 39.9 Å². The first kappa shape index (κ1) is 23.5. The summed E-state index contributed by atoms with van der Waals surface area (Å²) in [5, 5.41) is 3.36. The van der Waals surface area contributed by atoms with Crippen LogP contribution in [0.2, 0.25) is 0 Å². The molecule has 0 aromatic heterocycles. The number of piperidine rings is 1. The summed E-state index contributed by atoms with van der Waals surface area (Å²) in [5.74, 6) is 1.79. The third kappa shape index (κ3) is 8.36. The fourth-order valence-corrected chi connectivity index (χ4v) is 3.03. The first-order chi connectivity index (χ1) is 12.7. The summed E-state index contributed by atoms with van der Waals surface area (Å²) in [6.07, 6.45) is 3.60. The third-order valence-electron chi connectivity index (χ3n) is 4.49. The molecule has 0 aliphatic carbocycles. The molecule has 0 bridgehead atoms. The number of ether oxygens (including phenoxy) is 2. The summed E-state index contributed by atoms with van der Waals surface area (Å²) < 4.78 is 10.6. The van der Waals surface area contributed by atoms with Gasteiger partial charge in [0.15, 0.2) is 5.96 Å². The molecule has 1 heterocycles. The van der Waals surface area contributed by atoms with E-state index >= 15 is 0 Å². The molecule has 7 heteroatoms. The fourth-order valence-electron chi connectivity index (χ4n) is 3.03. The minimum atomic E-state index is -0.0926. The van der Waals surface area contributed by atoms with E-state index in [2.05, 4.69) is 17.1 Å². The van der Waals surface area contributed by atoms with Crippen LogP contribution in [0.25, 0.3) is 0 Å². The Labute approximate surface area is 179 Å². The largest absolute Gasteiger partial charge is 0.494 e. The van der Waals surface area contributed by atoms with E-state index in [1.54, 1.807) is 0 Å². The van der Waals surface area contributed by atoms with Crippen molar-refractivity contribution in [2.45, 2.75) is 32.6 Å². The minimum Gasteiger partial charge on any atom is -0.494 e. The van der Waals surface area contributed by atoms with Crippen LogP contribution in [-0.2, 0) is 9.53 Å². The minimum absolute atomic E-state index is 0. The monoisotopic (exact) mass is 489 g/mol. The average molecular weight is 489 g/mol. The Hall–Kier alpha value is -1.51. The van der Waals surface area contributed by atoms with Crippen LogP contribution in [0.5, 0.6) is 5.75 Å². The molecule has 1 N–H and O–H groups in total. The Balaban J connectivity index is 0.00000364. The Morgan fingerprint density at radius 2 is 1.93 bits per heavy atom. The van der Waals surface area contributed by atoms with Gasteiger partial charge in [-0.25, -0.2) is 0 Å². The van der Waals surface area contributed by atoms with E-state index in [-0.39, 0.29) is 35.9 Å². The van der Waals surface area contributed by atoms with E-state index in [0.29, 0.717) is 6.61 Å². The summed E-state index contributed by atoms with van der Waals surface area (Å²) >= 11 is 0. The molecule has 1 saturated heterocycles. The number of guanidine groups is 1. The van der Waals surface area contributed by atoms with Gasteiger partial charge in [0.2, 0.25) is 0 Å². The fraction of sp³-hybridized carbons (Fsp3) is 0.600. The highest BCUT2D eigenvalue weighted by atomic mass is 127. The maximum atomic E-state index is 11.6. The highest BCUT2D eigenvalue weighted by Gasteiger charge is 2.26. The molecule has 0 spiro atoms. The van der Waals surface area contributed by atoms with Gasteiger partial charge in [-0.2, -0.15) is 0 Å². The number of nitrogens with one attached hydrogen (secondary N) is 1. The van der Waals surface area contributed by atoms with E-state index in [4.69, 9.17) is 14.5 Å². The number of hydrogen-bond donors (Lipinski definition) is 1. The number of benzene rings is 1. The van der Waals surface area contributed by atoms with Crippen molar-refractivity contribution in [1.29, 1.82) is 0 Å². The number of methoxy groups -OCH3 is 1. The second-order valence-corrected chi connectivity index (χ2v) is 6.39. The Morgan fingerprint density at radius 1 is 1.22 bits per heavy atom. The standard InChI is InChI=1S/C20H31N3O3.HI/c1-3-21-20(23-14-11-17(12-15-23)19(24)25-2)22-13-7-8-16-26-18-9-5-4-6-10-18;/h4-6,9-10,17H,3,7-8,11-16H2,1-2H3,(H,21,22);1H. The average Bonchev–Trinajstić information content (AvgIpc) is 2.70. The summed E-state index contributed by atoms with van der Waals surface area (Å²) in [5.41, 5.74) is 0. The molecule has 1 fully saturated rings. The molecule has 152 valence electrons. The molecule has 0 amide bonds. The Kier molecular flexibility index (Phi) is 11.9. The van der Waals surface area contributed by atoms with Crippen molar-refractivity contribution in [3.63, 3.8) is 0 Å². The number of hydrogen-bond acceptors (Lipinski definition) is 4. The molecule has 0 saturated carbocycles. The molecular formula is C20H32IN3O3. The van der Waals surface area contributed by atoms with Crippen molar-refractivity contribution < 1.29 is 14.3 Å². The molecule has 1 aromatic carbocycles. The van der Waals surface area contributed by atoms with E-state index in [9.17, 15) is 4.79 Å². The maximum absolute atomic E-state index is 11.6. The van der Waals surface area contributed by atoms with E-state index in [1.807, 2.05) is 30.3 Å². The van der Waals surface area contributed by atoms with Crippen LogP contribution in [-0.4, -0.2) is 56.7 Å². The highest BCUT2D eigenvalue weighted by Crippen LogP contribution is 2.18. The van der Waals surface area contributed by atoms with E-state index in [0.717, 1.165) is 63.6 Å². The van der Waals surface area contributed by atoms with Crippen molar-refractivity contribution in [3.05, 3.63) is 30.3 Å². The molecule has 6 nitrogen and oxygen atoms in total. The maximum Gasteiger partial charge on any atom is 0.308 e. The van der Waals surface area contributed by atoms with Gasteiger partial charge in [-0.15, -0.1) is 24.0 Å². The molecule has 0 unspecified atom stereocenters. The molecule has 1 aromatic rings. The topological polar surface area (TPSA) is 63.2 Å². The lowest BCUT2D eigenvalue weighted by atomic mass is 9.97. The number of unbranched alkanes of at least 4 members (excludes halogenated alkanes) is 1. The van der Waals surface area contributed by atoms with E-state index < -0.39 is 0 Å². The van der Waals surface area contributed by atoms with Crippen LogP contribution in [0.4, 0.5) is 0 Å². The smallest absolute Gasteiger partial charge is 0.308 e. The zero-order valence-corrected chi connectivity index (χ0v) is 18.7. The lowest BCUT2D eigenvalue weighted by Crippen LogP contribution is -2.46. The number of halogens is 1. The van der Waals surface area contributed by atoms with Gasteiger partial charge in [0.25, 0.3) is 0 Å². The van der Waals surface area contributed by atoms with Crippen LogP contribution >= 0.6 is 24.0 Å². The third-order valence-corrected chi connectivity index (χ3v) is 4.49. The number of rotatable bonds is 8. The van der Waals surface area contributed by atoms with Crippen molar-refractivity contribution in [2.24, 2.45) is 10.9 Å². The van der Waals surface area contributed by atoms with Gasteiger partial charge in [0, 0.05) is 26.2 Å². The van der Waals surface area contributed by atoms with Crippen LogP contribution < -0.4 is 10.1 Å². The number of nitrogens with zero attached hydrogens (tertiary/aromatic N) is 2. The quantitative estimate of drug-likeness (QED) is 0.200. The van der Waals surface area contributed by atoms with Crippen molar-refractivity contribution in [1.82, 2.24) is 10.2 Å². The molecule has 1 aliphatic heterocycles. The van der Waals surface area contributed by atoms with Crippen molar-refractivity contribution in [3.8, 4) is 5.75 Å². The second kappa shape index (κ2) is 13.6. The highest BCUT2D eigenvalue weighted by molar-refractivity contribution is 14.0. The lowest BCUT2D eigenvalue weighted by molar-refractivity contribution is -0.146. The van der Waals surface area contributed by atoms with E-state index in [1.165, 1.54) is 7.11 Å². The molecule has 2 rings (SSSR count). The zero-order chi connectivity index (χ0) is 18.6. The second-order valence-electron chi connectivity index (χ2n) is 6.39. The lowest BCUT2D eigenvalue weighted by Gasteiger charge is -2.33. The number of aliphatic imine (C=N–C) groups is 1. The Bertz CT molecular complexity index is 561. The van der Waals surface area contributed by atoms with Crippen LogP contribution in [0.15, 0.2) is 35.3 Å². The van der Waals surface area contributed by atoms with Gasteiger partial charge in [-0.3, -0.25) is 9.79 Å². The summed E-state index contributed by atoms with van der Waals surface area (Å²) in [6.45, 7) is 6.07. The van der Waals surface area contributed by atoms with Gasteiger partial charge in [-0.1, -0.05) is 18.2 Å². The summed E-state index contributed by atoms with van der Waals surface area (Å²) in [7, 11) is 1.46. The van der Waals surface area contributed by atoms with Gasteiger partial charge in [0.05, 0.1) is 19.6 Å². The predicted molar refractivity (Wildman–Crippen MR) is 119 cm³/mol. The SMILES string of the molecule is CCNC(=NCCCCOc1ccccc1)N1CCC(C(=O)OC)CC1.I. The van der Waals surface area contributed by atoms with Gasteiger partial charge in [0.1, 0.15) is 5.75 Å². The summed E-state index contributed by atoms with van der Waals surface area (Å²) in [6, 6.07) is 9.88. The van der Waals surface area contributed by atoms with Crippen LogP contribution in [0, 0.1) is 5.92 Å². The van der Waals surface area contributed by atoms with Crippen LogP contribution in [0.3, 0.4) is 0 Å². The first-order valence-electron chi connectivity index (χ1n) is 9.53. The molecule has 1 aliphatic rings. The molecule has 27 heavy (non-hydrogen) atoms. The number of carbonyl (C=O) groups is 1. The Morgan fingerprint density at radius 3 is 2.56 bits per heavy atom. The number of para-hydroxylation sites is 1. The molecule has 0 radical (unpaired) electrons.